The van der Waals surface area contributed by atoms with E-state index in [1.807, 2.05) is 0 Å². The molecule has 0 radical (unpaired) electrons. The maximum atomic E-state index is 13.9. The lowest BCUT2D eigenvalue weighted by atomic mass is 9.77. The summed E-state index contributed by atoms with van der Waals surface area (Å²) in [4.78, 5) is 56.1. The van der Waals surface area contributed by atoms with Crippen LogP contribution < -0.4 is 4.90 Å². The number of halogens is 3. The van der Waals surface area contributed by atoms with E-state index in [1.54, 1.807) is 36.4 Å². The zero-order valence-electron chi connectivity index (χ0n) is 17.7. The zero-order chi connectivity index (χ0) is 24.6. The van der Waals surface area contributed by atoms with Gasteiger partial charge in [-0.25, -0.2) is 4.90 Å². The Hall–Kier alpha value is -2.84. The smallest absolute Gasteiger partial charge is 0.241 e. The molecule has 35 heavy (non-hydrogen) atoms. The first kappa shape index (κ1) is 22.6. The molecule has 0 N–H and O–H groups in total. The van der Waals surface area contributed by atoms with Gasteiger partial charge in [-0.2, -0.15) is 0 Å². The van der Waals surface area contributed by atoms with E-state index in [0.29, 0.717) is 10.6 Å². The van der Waals surface area contributed by atoms with Crippen LogP contribution in [0.3, 0.4) is 0 Å². The monoisotopic (exact) mass is 569 g/mol. The third-order valence-electron chi connectivity index (χ3n) is 6.87. The Morgan fingerprint density at radius 3 is 2.06 bits per heavy atom. The Labute approximate surface area is 217 Å². The van der Waals surface area contributed by atoms with Crippen LogP contribution in [0.1, 0.15) is 32.4 Å². The Balaban J connectivity index is 1.55. The summed E-state index contributed by atoms with van der Waals surface area (Å²) in [5.74, 6) is -4.97. The summed E-state index contributed by atoms with van der Waals surface area (Å²) in [5.41, 5.74) is -1.07. The minimum absolute atomic E-state index is 0.0988. The molecule has 1 spiro atoms. The number of ether oxygens (including phenoxy) is 1. The highest BCUT2D eigenvalue weighted by Gasteiger charge is 2.74. The summed E-state index contributed by atoms with van der Waals surface area (Å²) in [5, 5.41) is 0.434. The van der Waals surface area contributed by atoms with Crippen molar-refractivity contribution >= 4 is 68.2 Å². The van der Waals surface area contributed by atoms with Gasteiger partial charge in [-0.1, -0.05) is 75.5 Å². The van der Waals surface area contributed by atoms with E-state index >= 15 is 0 Å². The van der Waals surface area contributed by atoms with E-state index in [9.17, 15) is 19.2 Å². The number of hydrogen-bond donors (Lipinski definition) is 0. The van der Waals surface area contributed by atoms with E-state index in [-0.39, 0.29) is 21.8 Å². The Morgan fingerprint density at radius 2 is 1.46 bits per heavy atom. The molecule has 2 amide bonds. The molecule has 0 saturated carbocycles. The van der Waals surface area contributed by atoms with Gasteiger partial charge in [0, 0.05) is 20.6 Å². The number of amides is 2. The van der Waals surface area contributed by atoms with Gasteiger partial charge in [0.05, 0.1) is 28.6 Å². The van der Waals surface area contributed by atoms with Crippen molar-refractivity contribution in [1.82, 2.24) is 0 Å². The van der Waals surface area contributed by atoms with Gasteiger partial charge in [-0.05, 0) is 35.9 Å². The fraction of sp³-hybridized carbons (Fsp3) is 0.154. The Morgan fingerprint density at radius 1 is 0.829 bits per heavy atom. The predicted molar refractivity (Wildman–Crippen MR) is 132 cm³/mol. The lowest BCUT2D eigenvalue weighted by molar-refractivity contribution is -0.127. The maximum Gasteiger partial charge on any atom is 0.241 e. The fourth-order valence-electron chi connectivity index (χ4n) is 5.37. The molecule has 2 fully saturated rings. The van der Waals surface area contributed by atoms with E-state index in [1.165, 1.54) is 30.3 Å². The molecule has 3 aromatic rings. The van der Waals surface area contributed by atoms with Crippen LogP contribution in [0.2, 0.25) is 10.0 Å². The molecular formula is C26H14BrCl2NO5. The van der Waals surface area contributed by atoms with Gasteiger partial charge < -0.3 is 4.74 Å². The summed E-state index contributed by atoms with van der Waals surface area (Å²) in [6, 6.07) is 17.8. The Kier molecular flexibility index (Phi) is 5.06. The van der Waals surface area contributed by atoms with Crippen molar-refractivity contribution in [2.45, 2.75) is 11.7 Å². The predicted octanol–water partition coefficient (Wildman–Crippen LogP) is 5.45. The van der Waals surface area contributed by atoms with Crippen LogP contribution >= 0.6 is 39.1 Å². The summed E-state index contributed by atoms with van der Waals surface area (Å²) in [6.45, 7) is 0. The second-order valence-electron chi connectivity index (χ2n) is 8.64. The van der Waals surface area contributed by atoms with Crippen molar-refractivity contribution in [1.29, 1.82) is 0 Å². The highest BCUT2D eigenvalue weighted by molar-refractivity contribution is 9.10. The number of benzene rings is 3. The van der Waals surface area contributed by atoms with E-state index in [0.717, 1.165) is 9.37 Å². The largest absolute Gasteiger partial charge is 0.349 e. The molecule has 3 aliphatic rings. The quantitative estimate of drug-likeness (QED) is 0.302. The SMILES string of the molecule is O=C1[C@@H]2[C@@H](c3ccc(Br)cc3)OC3(C(=O)c4ccccc4C3=O)[C@@H]2C(=O)N1c1ccc(Cl)cc1Cl. The number of ketones is 2. The van der Waals surface area contributed by atoms with Crippen LogP contribution in [0, 0.1) is 11.8 Å². The van der Waals surface area contributed by atoms with Gasteiger partial charge in [0.1, 0.15) is 0 Å². The number of fused-ring (bicyclic) bond motifs is 3. The molecule has 0 aromatic heterocycles. The van der Waals surface area contributed by atoms with Gasteiger partial charge >= 0.3 is 0 Å². The number of imide groups is 1. The van der Waals surface area contributed by atoms with Gasteiger partial charge in [0.15, 0.2) is 0 Å². The van der Waals surface area contributed by atoms with Crippen LogP contribution in [-0.4, -0.2) is 29.0 Å². The third-order valence-corrected chi connectivity index (χ3v) is 7.93. The second kappa shape index (κ2) is 7.83. The molecule has 2 aliphatic heterocycles. The van der Waals surface area contributed by atoms with Crippen LogP contribution in [0.15, 0.2) is 71.2 Å². The maximum absolute atomic E-state index is 13.9. The summed E-state index contributed by atoms with van der Waals surface area (Å²) >= 11 is 15.7. The minimum atomic E-state index is -2.13. The number of hydrogen-bond acceptors (Lipinski definition) is 5. The van der Waals surface area contributed by atoms with Gasteiger partial charge in [-0.3, -0.25) is 19.2 Å². The van der Waals surface area contributed by atoms with Crippen LogP contribution in [0.5, 0.6) is 0 Å². The molecule has 174 valence electrons. The highest BCUT2D eigenvalue weighted by atomic mass is 79.9. The summed E-state index contributed by atoms with van der Waals surface area (Å²) < 4.78 is 7.05. The van der Waals surface area contributed by atoms with E-state index in [4.69, 9.17) is 27.9 Å². The number of anilines is 1. The van der Waals surface area contributed by atoms with E-state index < -0.39 is 46.9 Å². The molecule has 0 bridgehead atoms. The average molecular weight is 571 g/mol. The first-order chi connectivity index (χ1) is 16.8. The normalized spacial score (nSPS) is 24.4. The average Bonchev–Trinajstić information content (AvgIpc) is 3.40. The molecule has 2 heterocycles. The van der Waals surface area contributed by atoms with Crippen LogP contribution in [0.4, 0.5) is 5.69 Å². The number of Topliss-reactive ketones (excluding diaryl/α,β-unsaturated/α-hetero) is 2. The second-order valence-corrected chi connectivity index (χ2v) is 10.4. The van der Waals surface area contributed by atoms with Crippen molar-refractivity contribution in [3.8, 4) is 0 Å². The van der Waals surface area contributed by atoms with Crippen molar-refractivity contribution in [2.75, 3.05) is 4.90 Å². The number of nitrogens with zero attached hydrogens (tertiary/aromatic N) is 1. The van der Waals surface area contributed by atoms with Gasteiger partial charge in [0.25, 0.3) is 0 Å². The Bertz CT molecular complexity index is 1440. The molecule has 0 unspecified atom stereocenters. The number of carbonyl (C=O) groups is 4. The van der Waals surface area contributed by atoms with Crippen molar-refractivity contribution in [3.05, 3.63) is 97.9 Å². The first-order valence-corrected chi connectivity index (χ1v) is 12.3. The molecule has 9 heteroatoms. The fourth-order valence-corrected chi connectivity index (χ4v) is 6.13. The van der Waals surface area contributed by atoms with Gasteiger partial charge in [0.2, 0.25) is 29.0 Å². The standard InChI is InChI=1S/C26H14BrCl2NO5/c27-13-7-5-12(6-8-13)21-19-20(25(34)30(24(19)33)18-10-9-14(28)11-17(18)29)26(35-21)22(31)15-3-1-2-4-16(15)23(26)32/h1-11,19-21H/t19-,20-,21+/m0/s1. The van der Waals surface area contributed by atoms with Crippen LogP contribution in [-0.2, 0) is 14.3 Å². The highest BCUT2D eigenvalue weighted by Crippen LogP contribution is 2.58. The molecule has 6 rings (SSSR count). The van der Waals surface area contributed by atoms with Crippen molar-refractivity contribution < 1.29 is 23.9 Å². The molecule has 1 aliphatic carbocycles. The summed E-state index contributed by atoms with van der Waals surface area (Å²) in [7, 11) is 0. The molecule has 6 nitrogen and oxygen atoms in total. The molecule has 3 atom stereocenters. The lowest BCUT2D eigenvalue weighted by Crippen LogP contribution is -2.51. The zero-order valence-corrected chi connectivity index (χ0v) is 20.8. The number of rotatable bonds is 2. The van der Waals surface area contributed by atoms with Crippen LogP contribution in [0.25, 0.3) is 0 Å². The van der Waals surface area contributed by atoms with Crippen molar-refractivity contribution in [3.63, 3.8) is 0 Å². The van der Waals surface area contributed by atoms with Crippen molar-refractivity contribution in [2.24, 2.45) is 11.8 Å². The molecule has 2 saturated heterocycles. The number of carbonyl (C=O) groups excluding carboxylic acids is 4. The third kappa shape index (κ3) is 2.99. The lowest BCUT2D eigenvalue weighted by Gasteiger charge is -2.27. The molecular weight excluding hydrogens is 557 g/mol. The van der Waals surface area contributed by atoms with E-state index in [2.05, 4.69) is 15.9 Å². The topological polar surface area (TPSA) is 80.8 Å². The minimum Gasteiger partial charge on any atom is -0.349 e. The first-order valence-electron chi connectivity index (χ1n) is 10.7. The van der Waals surface area contributed by atoms with Gasteiger partial charge in [-0.15, -0.1) is 0 Å². The summed E-state index contributed by atoms with van der Waals surface area (Å²) in [6.07, 6.45) is -0.997. The molecule has 3 aromatic carbocycles.